The van der Waals surface area contributed by atoms with E-state index >= 15 is 0 Å². The third-order valence-electron chi connectivity index (χ3n) is 6.15. The third-order valence-corrected chi connectivity index (χ3v) is 7.29. The molecule has 3 aromatic rings. The topological polar surface area (TPSA) is 96.0 Å². The van der Waals surface area contributed by atoms with E-state index in [4.69, 9.17) is 4.74 Å². The molecule has 0 saturated heterocycles. The number of anilines is 1. The summed E-state index contributed by atoms with van der Waals surface area (Å²) in [5, 5.41) is 2.92. The van der Waals surface area contributed by atoms with E-state index in [2.05, 4.69) is 5.32 Å². The van der Waals surface area contributed by atoms with Gasteiger partial charge in [0.15, 0.2) is 0 Å². The average Bonchev–Trinajstić information content (AvgIpc) is 2.88. The highest BCUT2D eigenvalue weighted by Crippen LogP contribution is 2.23. The molecule has 1 atom stereocenters. The van der Waals surface area contributed by atoms with Gasteiger partial charge in [-0.2, -0.15) is 0 Å². The number of sulfonamides is 1. The van der Waals surface area contributed by atoms with Gasteiger partial charge in [-0.05, 0) is 70.0 Å². The van der Waals surface area contributed by atoms with Gasteiger partial charge in [-0.3, -0.25) is 13.9 Å². The van der Waals surface area contributed by atoms with Crippen molar-refractivity contribution in [2.75, 3.05) is 17.1 Å². The van der Waals surface area contributed by atoms with Crippen LogP contribution >= 0.6 is 0 Å². The standard InChI is InChI=1S/C31H39N3O5S/c1-23-11-10-14-26(19-23)20-33(24(2)30(36)32-31(3,4)5)29(35)21-34(40(6,37)38)27-15-17-28(18-16-27)39-22-25-12-8-7-9-13-25/h7-19,24H,20-22H2,1-6H3,(H,32,36). The first-order chi connectivity index (χ1) is 18.7. The van der Waals surface area contributed by atoms with Crippen molar-refractivity contribution in [2.45, 2.75) is 59.4 Å². The smallest absolute Gasteiger partial charge is 0.244 e. The van der Waals surface area contributed by atoms with Crippen LogP contribution < -0.4 is 14.4 Å². The second-order valence-corrected chi connectivity index (χ2v) is 12.9. The van der Waals surface area contributed by atoms with Crippen LogP contribution in [0.15, 0.2) is 78.9 Å². The minimum absolute atomic E-state index is 0.156. The fourth-order valence-electron chi connectivity index (χ4n) is 4.13. The van der Waals surface area contributed by atoms with Crippen LogP contribution in [-0.4, -0.2) is 49.5 Å². The molecule has 0 aliphatic heterocycles. The first-order valence-corrected chi connectivity index (χ1v) is 15.0. The Morgan fingerprint density at radius 3 is 2.12 bits per heavy atom. The Hall–Kier alpha value is -3.85. The normalized spacial score (nSPS) is 12.3. The predicted octanol–water partition coefficient (Wildman–Crippen LogP) is 4.67. The summed E-state index contributed by atoms with van der Waals surface area (Å²) in [5.74, 6) is -0.242. The first kappa shape index (κ1) is 30.7. The quantitative estimate of drug-likeness (QED) is 0.365. The second kappa shape index (κ2) is 13.0. The molecule has 9 heteroatoms. The van der Waals surface area contributed by atoms with Gasteiger partial charge in [0.1, 0.15) is 24.9 Å². The number of rotatable bonds is 11. The van der Waals surface area contributed by atoms with Crippen LogP contribution in [-0.2, 0) is 32.8 Å². The van der Waals surface area contributed by atoms with Gasteiger partial charge >= 0.3 is 0 Å². The van der Waals surface area contributed by atoms with Gasteiger partial charge in [-0.25, -0.2) is 8.42 Å². The molecule has 0 heterocycles. The molecule has 0 saturated carbocycles. The maximum absolute atomic E-state index is 13.7. The van der Waals surface area contributed by atoms with Gasteiger partial charge < -0.3 is 15.0 Å². The van der Waals surface area contributed by atoms with Gasteiger partial charge in [0.05, 0.1) is 11.9 Å². The number of amides is 2. The lowest BCUT2D eigenvalue weighted by Crippen LogP contribution is -2.54. The Balaban J connectivity index is 1.83. The third kappa shape index (κ3) is 9.12. The highest BCUT2D eigenvalue weighted by molar-refractivity contribution is 7.92. The molecule has 0 aromatic heterocycles. The van der Waals surface area contributed by atoms with E-state index in [0.29, 0.717) is 18.0 Å². The Morgan fingerprint density at radius 2 is 1.55 bits per heavy atom. The van der Waals surface area contributed by atoms with Crippen LogP contribution in [0, 0.1) is 6.92 Å². The maximum atomic E-state index is 13.7. The highest BCUT2D eigenvalue weighted by atomic mass is 32.2. The van der Waals surface area contributed by atoms with Crippen molar-refractivity contribution in [3.05, 3.63) is 95.6 Å². The summed E-state index contributed by atoms with van der Waals surface area (Å²) in [5.41, 5.74) is 2.70. The molecule has 0 radical (unpaired) electrons. The maximum Gasteiger partial charge on any atom is 0.244 e. The number of carbonyl (C=O) groups is 2. The van der Waals surface area contributed by atoms with E-state index in [1.807, 2.05) is 82.3 Å². The summed E-state index contributed by atoms with van der Waals surface area (Å²) >= 11 is 0. The molecular weight excluding hydrogens is 526 g/mol. The summed E-state index contributed by atoms with van der Waals surface area (Å²) in [7, 11) is -3.82. The SMILES string of the molecule is Cc1cccc(CN(C(=O)CN(c2ccc(OCc3ccccc3)cc2)S(C)(=O)=O)C(C)C(=O)NC(C)(C)C)c1. The van der Waals surface area contributed by atoms with Crippen LogP contribution in [0.2, 0.25) is 0 Å². The van der Waals surface area contributed by atoms with Gasteiger partial charge in [0.2, 0.25) is 21.8 Å². The van der Waals surface area contributed by atoms with Crippen molar-refractivity contribution < 1.29 is 22.7 Å². The fourth-order valence-corrected chi connectivity index (χ4v) is 4.98. The van der Waals surface area contributed by atoms with Crippen LogP contribution in [0.5, 0.6) is 5.75 Å². The van der Waals surface area contributed by atoms with E-state index in [1.54, 1.807) is 31.2 Å². The Kier molecular flexibility index (Phi) is 9.98. The van der Waals surface area contributed by atoms with Crippen molar-refractivity contribution in [3.63, 3.8) is 0 Å². The second-order valence-electron chi connectivity index (χ2n) is 11.0. The number of carbonyl (C=O) groups excluding carboxylic acids is 2. The molecule has 40 heavy (non-hydrogen) atoms. The lowest BCUT2D eigenvalue weighted by Gasteiger charge is -2.33. The first-order valence-electron chi connectivity index (χ1n) is 13.1. The number of nitrogens with one attached hydrogen (secondary N) is 1. The van der Waals surface area contributed by atoms with Gasteiger partial charge in [-0.1, -0.05) is 60.2 Å². The van der Waals surface area contributed by atoms with Crippen LogP contribution in [0.4, 0.5) is 5.69 Å². The zero-order valence-electron chi connectivity index (χ0n) is 24.0. The number of ether oxygens (including phenoxy) is 1. The van der Waals surface area contributed by atoms with Gasteiger partial charge in [0, 0.05) is 12.1 Å². The van der Waals surface area contributed by atoms with Crippen LogP contribution in [0.3, 0.4) is 0 Å². The zero-order chi connectivity index (χ0) is 29.5. The fraction of sp³-hybridized carbons (Fsp3) is 0.355. The molecule has 0 spiro atoms. The van der Waals surface area contributed by atoms with Crippen molar-refractivity contribution in [2.24, 2.45) is 0 Å². The molecule has 0 aliphatic carbocycles. The molecule has 8 nitrogen and oxygen atoms in total. The van der Waals surface area contributed by atoms with E-state index in [9.17, 15) is 18.0 Å². The van der Waals surface area contributed by atoms with Crippen LogP contribution in [0.25, 0.3) is 0 Å². The Labute approximate surface area is 238 Å². The van der Waals surface area contributed by atoms with E-state index < -0.39 is 34.1 Å². The molecular formula is C31H39N3O5S. The molecule has 1 unspecified atom stereocenters. The molecule has 214 valence electrons. The van der Waals surface area contributed by atoms with Crippen molar-refractivity contribution in [1.82, 2.24) is 10.2 Å². The monoisotopic (exact) mass is 565 g/mol. The number of nitrogens with zero attached hydrogens (tertiary/aromatic N) is 2. The van der Waals surface area contributed by atoms with Crippen molar-refractivity contribution in [3.8, 4) is 5.75 Å². The molecule has 2 amide bonds. The minimum atomic E-state index is -3.82. The lowest BCUT2D eigenvalue weighted by molar-refractivity contribution is -0.140. The Morgan fingerprint density at radius 1 is 0.925 bits per heavy atom. The van der Waals surface area contributed by atoms with Crippen LogP contribution in [0.1, 0.15) is 44.4 Å². The molecule has 0 aliphatic rings. The summed E-state index contributed by atoms with van der Waals surface area (Å²) in [4.78, 5) is 28.2. The van der Waals surface area contributed by atoms with Crippen molar-refractivity contribution in [1.29, 1.82) is 0 Å². The predicted molar refractivity (Wildman–Crippen MR) is 158 cm³/mol. The minimum Gasteiger partial charge on any atom is -0.489 e. The van der Waals surface area contributed by atoms with Gasteiger partial charge in [-0.15, -0.1) is 0 Å². The van der Waals surface area contributed by atoms with E-state index in [-0.39, 0.29) is 12.5 Å². The van der Waals surface area contributed by atoms with Gasteiger partial charge in [0.25, 0.3) is 0 Å². The molecule has 0 fully saturated rings. The average molecular weight is 566 g/mol. The number of aryl methyl sites for hydroxylation is 1. The number of benzene rings is 3. The molecule has 3 rings (SSSR count). The lowest BCUT2D eigenvalue weighted by atomic mass is 10.1. The highest BCUT2D eigenvalue weighted by Gasteiger charge is 2.31. The van der Waals surface area contributed by atoms with Crippen molar-refractivity contribution >= 4 is 27.5 Å². The molecule has 1 N–H and O–H groups in total. The summed E-state index contributed by atoms with van der Waals surface area (Å²) in [6.07, 6.45) is 1.06. The molecule has 0 bridgehead atoms. The van der Waals surface area contributed by atoms with E-state index in [1.165, 1.54) is 4.90 Å². The summed E-state index contributed by atoms with van der Waals surface area (Å²) < 4.78 is 32.5. The summed E-state index contributed by atoms with van der Waals surface area (Å²) in [6.45, 7) is 9.26. The zero-order valence-corrected chi connectivity index (χ0v) is 24.9. The Bertz CT molecular complexity index is 1400. The summed E-state index contributed by atoms with van der Waals surface area (Å²) in [6, 6.07) is 23.1. The number of hydrogen-bond acceptors (Lipinski definition) is 5. The van der Waals surface area contributed by atoms with E-state index in [0.717, 1.165) is 27.3 Å². The number of hydrogen-bond donors (Lipinski definition) is 1. The molecule has 3 aromatic carbocycles. The largest absolute Gasteiger partial charge is 0.489 e.